The zero-order chi connectivity index (χ0) is 19.6. The van der Waals surface area contributed by atoms with Crippen LogP contribution in [0.15, 0.2) is 23.0 Å². The summed E-state index contributed by atoms with van der Waals surface area (Å²) in [7, 11) is 1.72. The number of para-hydroxylation sites is 1. The van der Waals surface area contributed by atoms with Gasteiger partial charge in [-0.2, -0.15) is 0 Å². The van der Waals surface area contributed by atoms with E-state index in [9.17, 15) is 19.2 Å². The van der Waals surface area contributed by atoms with Crippen LogP contribution in [-0.2, 0) is 21.4 Å². The first-order valence-corrected chi connectivity index (χ1v) is 9.66. The molecule has 2 aromatic rings. The van der Waals surface area contributed by atoms with Gasteiger partial charge in [-0.25, -0.2) is 4.79 Å². The first kappa shape index (κ1) is 17.2. The molecule has 8 nitrogen and oxygen atoms in total. The van der Waals surface area contributed by atoms with Crippen molar-refractivity contribution in [2.24, 2.45) is 18.4 Å². The van der Waals surface area contributed by atoms with Crippen LogP contribution in [0, 0.1) is 11.3 Å². The lowest BCUT2D eigenvalue weighted by Gasteiger charge is -2.59. The molecule has 3 fully saturated rings. The number of imidazole rings is 1. The molecule has 5 rings (SSSR count). The predicted molar refractivity (Wildman–Crippen MR) is 102 cm³/mol. The zero-order valence-electron chi connectivity index (χ0n) is 15.7. The second-order valence-electron chi connectivity index (χ2n) is 8.48. The van der Waals surface area contributed by atoms with E-state index in [0.29, 0.717) is 11.9 Å². The van der Waals surface area contributed by atoms with Gasteiger partial charge in [0.2, 0.25) is 11.8 Å². The summed E-state index contributed by atoms with van der Waals surface area (Å²) >= 11 is 0. The van der Waals surface area contributed by atoms with E-state index in [1.165, 1.54) is 4.57 Å². The lowest BCUT2D eigenvalue weighted by atomic mass is 9.58. The number of anilines is 1. The maximum absolute atomic E-state index is 13.0. The van der Waals surface area contributed by atoms with Crippen LogP contribution in [0.3, 0.4) is 0 Å². The van der Waals surface area contributed by atoms with Crippen LogP contribution < -0.4 is 15.9 Å². The minimum absolute atomic E-state index is 0.191. The first-order valence-electron chi connectivity index (χ1n) is 9.66. The summed E-state index contributed by atoms with van der Waals surface area (Å²) in [6.07, 6.45) is 3.50. The van der Waals surface area contributed by atoms with Crippen molar-refractivity contribution in [3.63, 3.8) is 0 Å². The van der Waals surface area contributed by atoms with Crippen LogP contribution >= 0.6 is 0 Å². The predicted octanol–water partition coefficient (Wildman–Crippen LogP) is 0.733. The number of hydrogen-bond donors (Lipinski definition) is 1. The maximum Gasteiger partial charge on any atom is 0.329 e. The number of benzene rings is 1. The third-order valence-electron chi connectivity index (χ3n) is 6.58. The monoisotopic (exact) mass is 382 g/mol. The van der Waals surface area contributed by atoms with Gasteiger partial charge in [0, 0.05) is 37.9 Å². The van der Waals surface area contributed by atoms with Crippen molar-refractivity contribution >= 4 is 34.8 Å². The molecule has 2 amide bonds. The number of fused-ring (bicyclic) bond motifs is 1. The maximum atomic E-state index is 13.0. The fourth-order valence-corrected chi connectivity index (χ4v) is 5.24. The van der Waals surface area contributed by atoms with Crippen LogP contribution in [-0.4, -0.2) is 40.3 Å². The Balaban J connectivity index is 1.52. The second-order valence-corrected chi connectivity index (χ2v) is 8.48. The Labute approximate surface area is 161 Å². The fraction of sp³-hybridized carbons (Fsp3) is 0.500. The Hall–Kier alpha value is -2.90. The van der Waals surface area contributed by atoms with Crippen molar-refractivity contribution in [1.82, 2.24) is 14.5 Å². The number of aldehydes is 1. The molecular weight excluding hydrogens is 360 g/mol. The average Bonchev–Trinajstić information content (AvgIpc) is 2.85. The largest absolute Gasteiger partial charge is 0.369 e. The molecule has 1 atom stereocenters. The molecular formula is C20H22N4O4. The SMILES string of the molecule is Cn1c(=O)n(C2CCC(=O)NC2=O)c2cccc(N3CC4(CC(C=O)C4)C3)c21. The number of amides is 2. The molecule has 28 heavy (non-hydrogen) atoms. The Morgan fingerprint density at radius 3 is 2.61 bits per heavy atom. The van der Waals surface area contributed by atoms with Crippen LogP contribution in [0.2, 0.25) is 0 Å². The summed E-state index contributed by atoms with van der Waals surface area (Å²) in [4.78, 5) is 50.0. The topological polar surface area (TPSA) is 93.4 Å². The summed E-state index contributed by atoms with van der Waals surface area (Å²) in [5.41, 5.74) is 2.47. The molecule has 1 aliphatic carbocycles. The van der Waals surface area contributed by atoms with Gasteiger partial charge in [0.25, 0.3) is 0 Å². The van der Waals surface area contributed by atoms with Gasteiger partial charge in [0.1, 0.15) is 12.3 Å². The van der Waals surface area contributed by atoms with Gasteiger partial charge >= 0.3 is 5.69 Å². The molecule has 2 aliphatic heterocycles. The van der Waals surface area contributed by atoms with E-state index >= 15 is 0 Å². The van der Waals surface area contributed by atoms with Crippen LogP contribution in [0.1, 0.15) is 31.7 Å². The zero-order valence-corrected chi connectivity index (χ0v) is 15.7. The summed E-state index contributed by atoms with van der Waals surface area (Å²) in [5, 5.41) is 2.34. The van der Waals surface area contributed by atoms with E-state index in [1.54, 1.807) is 11.6 Å². The van der Waals surface area contributed by atoms with E-state index in [2.05, 4.69) is 10.2 Å². The Morgan fingerprint density at radius 2 is 1.93 bits per heavy atom. The number of carbonyl (C=O) groups is 3. The highest BCUT2D eigenvalue weighted by Crippen LogP contribution is 2.52. The van der Waals surface area contributed by atoms with Crippen LogP contribution in [0.5, 0.6) is 0 Å². The quantitative estimate of drug-likeness (QED) is 0.624. The number of hydrogen-bond acceptors (Lipinski definition) is 5. The smallest absolute Gasteiger partial charge is 0.329 e. The third-order valence-corrected chi connectivity index (χ3v) is 6.58. The number of nitrogens with zero attached hydrogens (tertiary/aromatic N) is 3. The highest BCUT2D eigenvalue weighted by molar-refractivity contribution is 6.00. The fourth-order valence-electron chi connectivity index (χ4n) is 5.24. The highest BCUT2D eigenvalue weighted by Gasteiger charge is 2.52. The molecule has 146 valence electrons. The number of imide groups is 1. The van der Waals surface area contributed by atoms with Crippen molar-refractivity contribution in [3.8, 4) is 0 Å². The first-order chi connectivity index (χ1) is 13.4. The summed E-state index contributed by atoms with van der Waals surface area (Å²) in [5.74, 6) is -0.528. The molecule has 1 N–H and O–H groups in total. The number of aryl methyl sites for hydroxylation is 1. The number of rotatable bonds is 3. The van der Waals surface area contributed by atoms with E-state index in [1.807, 2.05) is 18.2 Å². The molecule has 1 spiro atoms. The van der Waals surface area contributed by atoms with Gasteiger partial charge in [-0.3, -0.25) is 24.0 Å². The molecule has 2 saturated heterocycles. The number of carbonyl (C=O) groups excluding carboxylic acids is 3. The molecule has 3 aliphatic rings. The number of piperidine rings is 1. The number of nitrogens with one attached hydrogen (secondary N) is 1. The molecule has 1 aromatic heterocycles. The van der Waals surface area contributed by atoms with Gasteiger partial charge in [-0.15, -0.1) is 0 Å². The van der Waals surface area contributed by atoms with Gasteiger partial charge < -0.3 is 9.69 Å². The van der Waals surface area contributed by atoms with Gasteiger partial charge in [0.05, 0.1) is 16.7 Å². The lowest BCUT2D eigenvalue weighted by Crippen LogP contribution is -2.62. The van der Waals surface area contributed by atoms with Crippen molar-refractivity contribution in [2.75, 3.05) is 18.0 Å². The summed E-state index contributed by atoms with van der Waals surface area (Å²) < 4.78 is 3.11. The lowest BCUT2D eigenvalue weighted by molar-refractivity contribution is -0.135. The second kappa shape index (κ2) is 5.80. The third kappa shape index (κ3) is 2.30. The Morgan fingerprint density at radius 1 is 1.18 bits per heavy atom. The van der Waals surface area contributed by atoms with E-state index in [0.717, 1.165) is 43.4 Å². The van der Waals surface area contributed by atoms with Crippen molar-refractivity contribution < 1.29 is 14.4 Å². The van der Waals surface area contributed by atoms with Crippen LogP contribution in [0.4, 0.5) is 5.69 Å². The molecule has 1 unspecified atom stereocenters. The molecule has 0 bridgehead atoms. The summed E-state index contributed by atoms with van der Waals surface area (Å²) in [6, 6.07) is 5.08. The minimum atomic E-state index is -0.674. The normalized spacial score (nSPS) is 24.2. The molecule has 1 aromatic carbocycles. The molecule has 1 saturated carbocycles. The van der Waals surface area contributed by atoms with Gasteiger partial charge in [-0.05, 0) is 31.4 Å². The standard InChI is InChI=1S/C20H22N4O4/c1-22-17-13(23-10-20(11-23)7-12(8-20)9-25)3-2-4-14(17)24(19(22)28)15-5-6-16(26)21-18(15)27/h2-4,9,12,15H,5-8,10-11H2,1H3,(H,21,26,27). The Bertz CT molecular complexity index is 1070. The van der Waals surface area contributed by atoms with Crippen molar-refractivity contribution in [1.29, 1.82) is 0 Å². The minimum Gasteiger partial charge on any atom is -0.369 e. The van der Waals surface area contributed by atoms with E-state index < -0.39 is 11.9 Å². The molecule has 3 heterocycles. The van der Waals surface area contributed by atoms with Gasteiger partial charge in [-0.1, -0.05) is 6.07 Å². The Kier molecular flexibility index (Phi) is 3.56. The highest BCUT2D eigenvalue weighted by atomic mass is 16.2. The van der Waals surface area contributed by atoms with E-state index in [4.69, 9.17) is 0 Å². The van der Waals surface area contributed by atoms with Crippen molar-refractivity contribution in [2.45, 2.75) is 31.7 Å². The molecule has 0 radical (unpaired) electrons. The summed E-state index contributed by atoms with van der Waals surface area (Å²) in [6.45, 7) is 1.77. The van der Waals surface area contributed by atoms with Crippen molar-refractivity contribution in [3.05, 3.63) is 28.7 Å². The number of aromatic nitrogens is 2. The van der Waals surface area contributed by atoms with E-state index in [-0.39, 0.29) is 29.4 Å². The average molecular weight is 382 g/mol. The molecule has 8 heteroatoms. The van der Waals surface area contributed by atoms with Crippen LogP contribution in [0.25, 0.3) is 11.0 Å². The van der Waals surface area contributed by atoms with Gasteiger partial charge in [0.15, 0.2) is 0 Å².